The highest BCUT2D eigenvalue weighted by atomic mass is 16.3. The molecule has 1 atom stereocenters. The van der Waals surface area contributed by atoms with Gasteiger partial charge in [-0.2, -0.15) is 0 Å². The van der Waals surface area contributed by atoms with E-state index in [1.807, 2.05) is 6.92 Å². The summed E-state index contributed by atoms with van der Waals surface area (Å²) in [5.41, 5.74) is 0. The molecule has 0 aliphatic rings. The van der Waals surface area contributed by atoms with Crippen molar-refractivity contribution >= 4 is 5.78 Å². The molecule has 0 radical (unpaired) electrons. The van der Waals surface area contributed by atoms with E-state index in [1.54, 1.807) is 6.92 Å². The average molecular weight is 180 g/mol. The van der Waals surface area contributed by atoms with Crippen molar-refractivity contribution in [1.82, 2.24) is 0 Å². The minimum Gasteiger partial charge on any atom is -0.400 e. The van der Waals surface area contributed by atoms with Crippen molar-refractivity contribution in [2.45, 2.75) is 33.3 Å². The van der Waals surface area contributed by atoms with Crippen molar-refractivity contribution in [2.24, 2.45) is 0 Å². The number of hydrogen-bond acceptors (Lipinski definition) is 4. The van der Waals surface area contributed by atoms with E-state index in [1.165, 1.54) is 6.92 Å². The van der Waals surface area contributed by atoms with Crippen LogP contribution in [0.2, 0.25) is 0 Å². The summed E-state index contributed by atoms with van der Waals surface area (Å²) < 4.78 is 0. The van der Waals surface area contributed by atoms with Crippen molar-refractivity contribution in [3.8, 4) is 0 Å². The van der Waals surface area contributed by atoms with Crippen molar-refractivity contribution in [3.63, 3.8) is 0 Å². The number of hydrogen-bond donors (Lipinski definition) is 3. The molecule has 12 heavy (non-hydrogen) atoms. The van der Waals surface area contributed by atoms with Gasteiger partial charge >= 0.3 is 0 Å². The van der Waals surface area contributed by atoms with Crippen LogP contribution in [-0.4, -0.2) is 40.9 Å². The molecule has 0 amide bonds. The van der Waals surface area contributed by atoms with Gasteiger partial charge in [-0.25, -0.2) is 0 Å². The number of carbonyl (C=O) groups is 1. The van der Waals surface area contributed by atoms with Crippen molar-refractivity contribution < 1.29 is 20.1 Å². The Bertz CT molecular complexity index is 81.1. The molecule has 1 unspecified atom stereocenters. The summed E-state index contributed by atoms with van der Waals surface area (Å²) in [6, 6.07) is 0. The molecular formula is C8H20O4. The number of Topliss-reactive ketones (excluding diaryl/α,β-unsaturated/α-hetero) is 1. The van der Waals surface area contributed by atoms with Crippen LogP contribution in [0.3, 0.4) is 0 Å². The van der Waals surface area contributed by atoms with E-state index in [0.717, 1.165) is 7.11 Å². The van der Waals surface area contributed by atoms with Crippen molar-refractivity contribution in [1.29, 1.82) is 0 Å². The van der Waals surface area contributed by atoms with E-state index < -0.39 is 6.10 Å². The Morgan fingerprint density at radius 1 is 1.42 bits per heavy atom. The molecule has 0 aromatic rings. The predicted molar refractivity (Wildman–Crippen MR) is 47.9 cm³/mol. The molecule has 0 aromatic carbocycles. The molecule has 0 spiro atoms. The van der Waals surface area contributed by atoms with Gasteiger partial charge in [0.15, 0.2) is 0 Å². The number of rotatable bonds is 2. The molecule has 0 saturated heterocycles. The smallest absolute Gasteiger partial charge is 0.129 e. The van der Waals surface area contributed by atoms with Gasteiger partial charge in [0.25, 0.3) is 0 Å². The SMILES string of the molecule is CC(O)CO.CCC(C)=O.CO. The second-order valence-electron chi connectivity index (χ2n) is 2.09. The van der Waals surface area contributed by atoms with Gasteiger partial charge in [0.2, 0.25) is 0 Å². The third-order valence-corrected chi connectivity index (χ3v) is 0.762. The van der Waals surface area contributed by atoms with Gasteiger partial charge in [-0.3, -0.25) is 0 Å². The lowest BCUT2D eigenvalue weighted by Gasteiger charge is -1.90. The quantitative estimate of drug-likeness (QED) is 0.557. The Morgan fingerprint density at radius 3 is 1.58 bits per heavy atom. The molecule has 4 heteroatoms. The molecule has 0 aliphatic carbocycles. The van der Waals surface area contributed by atoms with Gasteiger partial charge in [0.1, 0.15) is 5.78 Å². The maximum Gasteiger partial charge on any atom is 0.129 e. The molecule has 3 N–H and O–H groups in total. The van der Waals surface area contributed by atoms with Crippen LogP contribution in [0.1, 0.15) is 27.2 Å². The summed E-state index contributed by atoms with van der Waals surface area (Å²) in [6.45, 7) is 4.82. The molecule has 0 aliphatic heterocycles. The topological polar surface area (TPSA) is 77.8 Å². The monoisotopic (exact) mass is 180 g/mol. The van der Waals surface area contributed by atoms with Crippen molar-refractivity contribution in [2.75, 3.05) is 13.7 Å². The van der Waals surface area contributed by atoms with Crippen LogP contribution in [0.15, 0.2) is 0 Å². The maximum atomic E-state index is 9.81. The highest BCUT2D eigenvalue weighted by Crippen LogP contribution is 1.71. The number of aliphatic hydroxyl groups excluding tert-OH is 3. The maximum absolute atomic E-state index is 9.81. The van der Waals surface area contributed by atoms with Crippen LogP contribution < -0.4 is 0 Å². The van der Waals surface area contributed by atoms with Gasteiger partial charge in [0.05, 0.1) is 12.7 Å². The van der Waals surface area contributed by atoms with Crippen LogP contribution in [0, 0.1) is 0 Å². The fourth-order valence-corrected chi connectivity index (χ4v) is 0. The fourth-order valence-electron chi connectivity index (χ4n) is 0. The first kappa shape index (κ1) is 17.6. The molecule has 4 nitrogen and oxygen atoms in total. The molecule has 0 aromatic heterocycles. The predicted octanol–water partition coefficient (Wildman–Crippen LogP) is -0.0466. The molecule has 0 bridgehead atoms. The lowest BCUT2D eigenvalue weighted by molar-refractivity contribution is -0.116. The van der Waals surface area contributed by atoms with E-state index >= 15 is 0 Å². The van der Waals surface area contributed by atoms with E-state index in [2.05, 4.69) is 0 Å². The van der Waals surface area contributed by atoms with E-state index in [4.69, 9.17) is 15.3 Å². The van der Waals surface area contributed by atoms with E-state index in [-0.39, 0.29) is 12.4 Å². The van der Waals surface area contributed by atoms with Crippen LogP contribution in [-0.2, 0) is 4.79 Å². The first-order chi connectivity index (χ1) is 5.54. The van der Waals surface area contributed by atoms with Gasteiger partial charge in [-0.15, -0.1) is 0 Å². The number of aliphatic hydroxyl groups is 3. The molecule has 0 saturated carbocycles. The fraction of sp³-hybridized carbons (Fsp3) is 0.875. The lowest BCUT2D eigenvalue weighted by Crippen LogP contribution is -2.03. The molecule has 0 rings (SSSR count). The summed E-state index contributed by atoms with van der Waals surface area (Å²) in [6.07, 6.45) is 0.106. The zero-order valence-corrected chi connectivity index (χ0v) is 8.24. The molecule has 0 fully saturated rings. The largest absolute Gasteiger partial charge is 0.400 e. The van der Waals surface area contributed by atoms with Crippen LogP contribution in [0.4, 0.5) is 0 Å². The molecule has 76 valence electrons. The van der Waals surface area contributed by atoms with Crippen LogP contribution >= 0.6 is 0 Å². The molecular weight excluding hydrogens is 160 g/mol. The third kappa shape index (κ3) is 55.4. The standard InChI is InChI=1S/C4H8O.C3H8O2.CH4O/c1-3-4(2)5;1-3(5)2-4;1-2/h3H2,1-2H3;3-5H,2H2,1H3;2H,1H3. The number of carbonyl (C=O) groups excluding carboxylic acids is 1. The first-order valence-electron chi connectivity index (χ1n) is 3.77. The highest BCUT2D eigenvalue weighted by Gasteiger charge is 1.83. The van der Waals surface area contributed by atoms with Crippen LogP contribution in [0.25, 0.3) is 0 Å². The van der Waals surface area contributed by atoms with E-state index in [0.29, 0.717) is 6.42 Å². The Kier molecular flexibility index (Phi) is 24.7. The third-order valence-electron chi connectivity index (χ3n) is 0.762. The Morgan fingerprint density at radius 2 is 1.58 bits per heavy atom. The van der Waals surface area contributed by atoms with Gasteiger partial charge < -0.3 is 20.1 Å². The Labute approximate surface area is 73.8 Å². The minimum absolute atomic E-state index is 0.139. The molecule has 0 heterocycles. The second-order valence-corrected chi connectivity index (χ2v) is 2.09. The van der Waals surface area contributed by atoms with E-state index in [9.17, 15) is 4.79 Å². The summed E-state index contributed by atoms with van der Waals surface area (Å²) in [4.78, 5) is 9.81. The van der Waals surface area contributed by atoms with Crippen molar-refractivity contribution in [3.05, 3.63) is 0 Å². The summed E-state index contributed by atoms with van der Waals surface area (Å²) in [7, 11) is 1.00. The first-order valence-corrected chi connectivity index (χ1v) is 3.77. The Balaban J connectivity index is -0.000000112. The van der Waals surface area contributed by atoms with Gasteiger partial charge in [-0.05, 0) is 13.8 Å². The highest BCUT2D eigenvalue weighted by molar-refractivity contribution is 5.74. The summed E-state index contributed by atoms with van der Waals surface area (Å²) >= 11 is 0. The van der Waals surface area contributed by atoms with Gasteiger partial charge in [-0.1, -0.05) is 6.92 Å². The van der Waals surface area contributed by atoms with Crippen LogP contribution in [0.5, 0.6) is 0 Å². The minimum atomic E-state index is -0.560. The Hall–Kier alpha value is -0.450. The zero-order chi connectivity index (χ0) is 10.6. The average Bonchev–Trinajstić information content (AvgIpc) is 2.09. The normalized spacial score (nSPS) is 9.92. The zero-order valence-electron chi connectivity index (χ0n) is 8.24. The van der Waals surface area contributed by atoms with Gasteiger partial charge in [0, 0.05) is 13.5 Å². The summed E-state index contributed by atoms with van der Waals surface area (Å²) in [5, 5.41) is 23.0. The second kappa shape index (κ2) is 16.9. The number of ketones is 1. The lowest BCUT2D eigenvalue weighted by atomic mass is 10.4. The summed E-state index contributed by atoms with van der Waals surface area (Å²) in [5.74, 6) is 0.255.